The highest BCUT2D eigenvalue weighted by atomic mass is 16.3. The van der Waals surface area contributed by atoms with Crippen molar-refractivity contribution >= 4 is 11.8 Å². The average Bonchev–Trinajstić information content (AvgIpc) is 2.63. The zero-order valence-electron chi connectivity index (χ0n) is 14.9. The van der Waals surface area contributed by atoms with Crippen molar-refractivity contribution in [1.29, 1.82) is 0 Å². The molecule has 4 atom stereocenters. The predicted molar refractivity (Wildman–Crippen MR) is 96.1 cm³/mol. The molecule has 3 rings (SSSR count). The molecule has 0 radical (unpaired) electrons. The maximum atomic E-state index is 13.1. The van der Waals surface area contributed by atoms with E-state index in [-0.39, 0.29) is 24.0 Å². The molecule has 0 aromatic heterocycles. The van der Waals surface area contributed by atoms with Crippen molar-refractivity contribution in [2.75, 3.05) is 6.54 Å². The number of aliphatic hydroxyl groups is 1. The molecule has 2 fully saturated rings. The fourth-order valence-corrected chi connectivity index (χ4v) is 4.42. The fourth-order valence-electron chi connectivity index (χ4n) is 4.42. The van der Waals surface area contributed by atoms with Crippen molar-refractivity contribution in [2.45, 2.75) is 57.6 Å². The molecule has 3 N–H and O–H groups in total. The molecule has 0 spiro atoms. The molecule has 5 nitrogen and oxygen atoms in total. The molecule has 1 aliphatic heterocycles. The largest absolute Gasteiger partial charge is 0.393 e. The van der Waals surface area contributed by atoms with Gasteiger partial charge in [-0.25, -0.2) is 0 Å². The first kappa shape index (κ1) is 17.9. The van der Waals surface area contributed by atoms with E-state index in [1.165, 1.54) is 0 Å². The van der Waals surface area contributed by atoms with Crippen molar-refractivity contribution in [2.24, 2.45) is 17.6 Å². The van der Waals surface area contributed by atoms with E-state index in [0.717, 1.165) is 45.1 Å². The van der Waals surface area contributed by atoms with E-state index in [1.807, 2.05) is 4.90 Å². The van der Waals surface area contributed by atoms with Gasteiger partial charge in [0, 0.05) is 29.6 Å². The van der Waals surface area contributed by atoms with Gasteiger partial charge in [0.15, 0.2) is 0 Å². The summed E-state index contributed by atoms with van der Waals surface area (Å²) in [6.07, 6.45) is 5.62. The number of benzene rings is 1. The van der Waals surface area contributed by atoms with Crippen LogP contribution in [0.25, 0.3) is 0 Å². The summed E-state index contributed by atoms with van der Waals surface area (Å²) in [6.45, 7) is 2.97. The Hall–Kier alpha value is -1.88. The minimum absolute atomic E-state index is 0.00820. The minimum Gasteiger partial charge on any atom is -0.393 e. The highest BCUT2D eigenvalue weighted by Gasteiger charge is 2.39. The van der Waals surface area contributed by atoms with E-state index in [4.69, 9.17) is 5.73 Å². The van der Waals surface area contributed by atoms with Gasteiger partial charge in [0.05, 0.1) is 6.10 Å². The van der Waals surface area contributed by atoms with Crippen LogP contribution in [-0.4, -0.2) is 40.5 Å². The van der Waals surface area contributed by atoms with Gasteiger partial charge in [-0.15, -0.1) is 0 Å². The number of piperidine rings is 1. The lowest BCUT2D eigenvalue weighted by Gasteiger charge is -2.45. The van der Waals surface area contributed by atoms with Gasteiger partial charge < -0.3 is 15.7 Å². The molecule has 1 heterocycles. The van der Waals surface area contributed by atoms with Crippen LogP contribution in [0.15, 0.2) is 24.3 Å². The molecule has 2 amide bonds. The summed E-state index contributed by atoms with van der Waals surface area (Å²) in [5, 5.41) is 10.5. The molecular formula is C20H28N2O3. The highest BCUT2D eigenvalue weighted by Crippen LogP contribution is 2.37. The lowest BCUT2D eigenvalue weighted by Crippen LogP contribution is -2.51. The van der Waals surface area contributed by atoms with Crippen molar-refractivity contribution in [3.8, 4) is 0 Å². The molecule has 1 aliphatic carbocycles. The van der Waals surface area contributed by atoms with E-state index in [1.54, 1.807) is 24.3 Å². The minimum atomic E-state index is -0.492. The Morgan fingerprint density at radius 2 is 1.76 bits per heavy atom. The zero-order chi connectivity index (χ0) is 18.0. The fraction of sp³-hybridized carbons (Fsp3) is 0.600. The van der Waals surface area contributed by atoms with Crippen molar-refractivity contribution in [3.05, 3.63) is 35.4 Å². The summed E-state index contributed by atoms with van der Waals surface area (Å²) in [4.78, 5) is 26.2. The Labute approximate surface area is 149 Å². The molecule has 136 valence electrons. The summed E-state index contributed by atoms with van der Waals surface area (Å²) in [6, 6.07) is 6.66. The standard InChI is InChI=1S/C20H28N2O3/c1-13-5-10-18(23)16(12-13)17-4-2-3-11-22(17)20(25)15-8-6-14(7-9-15)19(21)24/h6-9,13,16-18,23H,2-5,10-12H2,1H3,(H2,21,24). The van der Waals surface area contributed by atoms with E-state index in [9.17, 15) is 14.7 Å². The molecule has 1 saturated carbocycles. The van der Waals surface area contributed by atoms with Crippen LogP contribution in [0.2, 0.25) is 0 Å². The molecular weight excluding hydrogens is 316 g/mol. The van der Waals surface area contributed by atoms with Crippen LogP contribution in [0.3, 0.4) is 0 Å². The normalized spacial score (nSPS) is 30.1. The average molecular weight is 344 g/mol. The summed E-state index contributed by atoms with van der Waals surface area (Å²) in [5.74, 6) is 0.264. The molecule has 1 saturated heterocycles. The number of aliphatic hydroxyl groups excluding tert-OH is 1. The van der Waals surface area contributed by atoms with Gasteiger partial charge in [0.25, 0.3) is 5.91 Å². The molecule has 25 heavy (non-hydrogen) atoms. The first-order valence-corrected chi connectivity index (χ1v) is 9.36. The maximum absolute atomic E-state index is 13.1. The van der Waals surface area contributed by atoms with Gasteiger partial charge in [-0.2, -0.15) is 0 Å². The van der Waals surface area contributed by atoms with Crippen LogP contribution in [-0.2, 0) is 0 Å². The number of carbonyl (C=O) groups excluding carboxylic acids is 2. The highest BCUT2D eigenvalue weighted by molar-refractivity contribution is 5.97. The Morgan fingerprint density at radius 3 is 2.44 bits per heavy atom. The number of likely N-dealkylation sites (tertiary alicyclic amines) is 1. The van der Waals surface area contributed by atoms with Gasteiger partial charge in [0.1, 0.15) is 0 Å². The number of amides is 2. The van der Waals surface area contributed by atoms with Crippen LogP contribution >= 0.6 is 0 Å². The van der Waals surface area contributed by atoms with Crippen LogP contribution in [0.1, 0.15) is 66.2 Å². The topological polar surface area (TPSA) is 83.6 Å². The third-order valence-corrected chi connectivity index (χ3v) is 5.84. The molecule has 1 aromatic rings. The van der Waals surface area contributed by atoms with Crippen molar-refractivity contribution in [1.82, 2.24) is 4.90 Å². The zero-order valence-corrected chi connectivity index (χ0v) is 14.9. The molecule has 5 heteroatoms. The second-order valence-electron chi connectivity index (χ2n) is 7.65. The van der Waals surface area contributed by atoms with E-state index < -0.39 is 5.91 Å². The van der Waals surface area contributed by atoms with Crippen LogP contribution in [0.5, 0.6) is 0 Å². The predicted octanol–water partition coefficient (Wildman–Crippen LogP) is 2.58. The Balaban J connectivity index is 1.80. The third-order valence-electron chi connectivity index (χ3n) is 5.84. The van der Waals surface area contributed by atoms with Crippen LogP contribution < -0.4 is 5.73 Å². The third kappa shape index (κ3) is 3.87. The van der Waals surface area contributed by atoms with Gasteiger partial charge in [0.2, 0.25) is 5.91 Å². The van der Waals surface area contributed by atoms with Gasteiger partial charge in [-0.05, 0) is 68.7 Å². The number of hydrogen-bond acceptors (Lipinski definition) is 3. The quantitative estimate of drug-likeness (QED) is 0.884. The number of nitrogens with zero attached hydrogens (tertiary/aromatic N) is 1. The summed E-state index contributed by atoms with van der Waals surface area (Å²) < 4.78 is 0. The first-order chi connectivity index (χ1) is 12.0. The Morgan fingerprint density at radius 1 is 1.08 bits per heavy atom. The molecule has 4 unspecified atom stereocenters. The number of nitrogens with two attached hydrogens (primary N) is 1. The summed E-state index contributed by atoms with van der Waals surface area (Å²) in [5.41, 5.74) is 6.25. The SMILES string of the molecule is CC1CCC(O)C(C2CCCCN2C(=O)c2ccc(C(N)=O)cc2)C1. The number of primary amides is 1. The maximum Gasteiger partial charge on any atom is 0.254 e. The van der Waals surface area contributed by atoms with Gasteiger partial charge in [-0.3, -0.25) is 9.59 Å². The second-order valence-corrected chi connectivity index (χ2v) is 7.65. The molecule has 2 aliphatic rings. The van der Waals surface area contributed by atoms with Crippen LogP contribution in [0, 0.1) is 11.8 Å². The number of rotatable bonds is 3. The van der Waals surface area contributed by atoms with Gasteiger partial charge in [-0.1, -0.05) is 6.92 Å². The lowest BCUT2D eigenvalue weighted by molar-refractivity contribution is -0.0121. The first-order valence-electron chi connectivity index (χ1n) is 9.36. The van der Waals surface area contributed by atoms with E-state index in [2.05, 4.69) is 6.92 Å². The Kier molecular flexibility index (Phi) is 5.42. The smallest absolute Gasteiger partial charge is 0.254 e. The van der Waals surface area contributed by atoms with E-state index in [0.29, 0.717) is 17.0 Å². The van der Waals surface area contributed by atoms with E-state index >= 15 is 0 Å². The number of hydrogen-bond donors (Lipinski definition) is 2. The van der Waals surface area contributed by atoms with Crippen molar-refractivity contribution < 1.29 is 14.7 Å². The monoisotopic (exact) mass is 344 g/mol. The van der Waals surface area contributed by atoms with Crippen molar-refractivity contribution in [3.63, 3.8) is 0 Å². The second kappa shape index (κ2) is 7.56. The summed E-state index contributed by atoms with van der Waals surface area (Å²) in [7, 11) is 0. The lowest BCUT2D eigenvalue weighted by atomic mass is 9.74. The number of carbonyl (C=O) groups is 2. The molecule has 1 aromatic carbocycles. The van der Waals surface area contributed by atoms with Crippen LogP contribution in [0.4, 0.5) is 0 Å². The Bertz CT molecular complexity index is 628. The molecule has 0 bridgehead atoms. The van der Waals surface area contributed by atoms with Gasteiger partial charge >= 0.3 is 0 Å². The summed E-state index contributed by atoms with van der Waals surface area (Å²) >= 11 is 0.